The van der Waals surface area contributed by atoms with Crippen molar-refractivity contribution in [2.24, 2.45) is 0 Å². The highest BCUT2D eigenvalue weighted by Crippen LogP contribution is 2.44. The van der Waals surface area contributed by atoms with Gasteiger partial charge in [-0.2, -0.15) is 0 Å². The molecule has 1 saturated carbocycles. The second kappa shape index (κ2) is 3.71. The van der Waals surface area contributed by atoms with E-state index in [1.165, 1.54) is 6.20 Å². The van der Waals surface area contributed by atoms with E-state index in [0.717, 1.165) is 5.56 Å². The predicted molar refractivity (Wildman–Crippen MR) is 58.5 cm³/mol. The van der Waals surface area contributed by atoms with Crippen LogP contribution in [0.5, 0.6) is 0 Å². The molecule has 2 rings (SSSR count). The standard InChI is InChI=1S/C11H12ClNO3/c1-6-2-7(5-13-9(6)12)11(10(15)16)3-8(14)4-11/h2,5,8,14H,3-4H2,1H3,(H,15,16). The van der Waals surface area contributed by atoms with Crippen LogP contribution in [-0.4, -0.2) is 27.3 Å². The molecule has 0 bridgehead atoms. The number of aryl methyl sites for hydroxylation is 1. The molecule has 16 heavy (non-hydrogen) atoms. The first-order valence-electron chi connectivity index (χ1n) is 5.00. The lowest BCUT2D eigenvalue weighted by Gasteiger charge is -2.41. The van der Waals surface area contributed by atoms with Crippen molar-refractivity contribution in [2.75, 3.05) is 0 Å². The Hall–Kier alpha value is -1.13. The number of hydrogen-bond donors (Lipinski definition) is 2. The van der Waals surface area contributed by atoms with Crippen molar-refractivity contribution >= 4 is 17.6 Å². The minimum atomic E-state index is -0.984. The Morgan fingerprint density at radius 1 is 1.62 bits per heavy atom. The number of aliphatic carboxylic acids is 1. The van der Waals surface area contributed by atoms with Crippen molar-refractivity contribution in [1.29, 1.82) is 0 Å². The fourth-order valence-electron chi connectivity index (χ4n) is 2.10. The van der Waals surface area contributed by atoms with Gasteiger partial charge in [-0.15, -0.1) is 0 Å². The van der Waals surface area contributed by atoms with E-state index in [1.54, 1.807) is 13.0 Å². The molecular formula is C11H12ClNO3. The summed E-state index contributed by atoms with van der Waals surface area (Å²) in [5, 5.41) is 18.9. The summed E-state index contributed by atoms with van der Waals surface area (Å²) in [6, 6.07) is 1.73. The monoisotopic (exact) mass is 241 g/mol. The number of rotatable bonds is 2. The van der Waals surface area contributed by atoms with Crippen LogP contribution >= 0.6 is 11.6 Å². The molecule has 0 radical (unpaired) electrons. The molecule has 1 aliphatic carbocycles. The maximum Gasteiger partial charge on any atom is 0.314 e. The number of hydrogen-bond acceptors (Lipinski definition) is 3. The molecule has 0 aromatic carbocycles. The molecule has 86 valence electrons. The molecule has 0 aliphatic heterocycles. The van der Waals surface area contributed by atoms with Gasteiger partial charge in [-0.3, -0.25) is 4.79 Å². The van der Waals surface area contributed by atoms with Gasteiger partial charge in [0.05, 0.1) is 11.5 Å². The Morgan fingerprint density at radius 2 is 2.25 bits per heavy atom. The van der Waals surface area contributed by atoms with Gasteiger partial charge in [0.2, 0.25) is 0 Å². The molecule has 1 aromatic rings. The van der Waals surface area contributed by atoms with Gasteiger partial charge >= 0.3 is 5.97 Å². The summed E-state index contributed by atoms with van der Waals surface area (Å²) in [7, 11) is 0. The van der Waals surface area contributed by atoms with E-state index >= 15 is 0 Å². The highest BCUT2D eigenvalue weighted by molar-refractivity contribution is 6.30. The highest BCUT2D eigenvalue weighted by Gasteiger charge is 2.51. The van der Waals surface area contributed by atoms with Crippen molar-refractivity contribution in [2.45, 2.75) is 31.3 Å². The van der Waals surface area contributed by atoms with Crippen LogP contribution in [0.25, 0.3) is 0 Å². The third-order valence-electron chi connectivity index (χ3n) is 3.14. The van der Waals surface area contributed by atoms with Crippen LogP contribution in [0.3, 0.4) is 0 Å². The summed E-state index contributed by atoms with van der Waals surface area (Å²) in [6.45, 7) is 1.78. The second-order valence-electron chi connectivity index (χ2n) is 4.28. The van der Waals surface area contributed by atoms with Gasteiger partial charge in [-0.25, -0.2) is 4.98 Å². The number of carboxylic acids is 1. The lowest BCUT2D eigenvalue weighted by Crippen LogP contribution is -2.50. The van der Waals surface area contributed by atoms with Crippen molar-refractivity contribution < 1.29 is 15.0 Å². The van der Waals surface area contributed by atoms with E-state index in [0.29, 0.717) is 10.7 Å². The van der Waals surface area contributed by atoms with Gasteiger partial charge < -0.3 is 10.2 Å². The zero-order valence-electron chi connectivity index (χ0n) is 8.77. The summed E-state index contributed by atoms with van der Waals surface area (Å²) in [5.41, 5.74) is 0.385. The molecule has 1 heterocycles. The number of aliphatic hydroxyl groups is 1. The van der Waals surface area contributed by atoms with Gasteiger partial charge in [-0.05, 0) is 30.9 Å². The van der Waals surface area contributed by atoms with Crippen LogP contribution in [0.1, 0.15) is 24.0 Å². The lowest BCUT2D eigenvalue weighted by atomic mass is 9.63. The molecule has 0 atom stereocenters. The maximum absolute atomic E-state index is 11.3. The van der Waals surface area contributed by atoms with Crippen molar-refractivity contribution in [3.63, 3.8) is 0 Å². The molecule has 0 saturated heterocycles. The number of pyridine rings is 1. The minimum Gasteiger partial charge on any atom is -0.481 e. The van der Waals surface area contributed by atoms with Crippen LogP contribution in [0.15, 0.2) is 12.3 Å². The van der Waals surface area contributed by atoms with Crippen LogP contribution in [-0.2, 0) is 10.2 Å². The first-order chi connectivity index (χ1) is 7.45. The van der Waals surface area contributed by atoms with E-state index in [4.69, 9.17) is 11.6 Å². The zero-order chi connectivity index (χ0) is 11.9. The predicted octanol–water partition coefficient (Wildman–Crippen LogP) is 1.52. The minimum absolute atomic E-state index is 0.241. The molecule has 1 fully saturated rings. The summed E-state index contributed by atoms with van der Waals surface area (Å²) < 4.78 is 0. The van der Waals surface area contributed by atoms with Crippen LogP contribution in [0, 0.1) is 6.92 Å². The summed E-state index contributed by atoms with van der Waals surface area (Å²) in [4.78, 5) is 15.2. The highest BCUT2D eigenvalue weighted by atomic mass is 35.5. The Labute approximate surface area is 97.9 Å². The maximum atomic E-state index is 11.3. The third-order valence-corrected chi connectivity index (χ3v) is 3.54. The lowest BCUT2D eigenvalue weighted by molar-refractivity contribution is -0.152. The Kier molecular flexibility index (Phi) is 2.64. The SMILES string of the molecule is Cc1cc(C2(C(=O)O)CC(O)C2)cnc1Cl. The summed E-state index contributed by atoms with van der Waals surface area (Å²) >= 11 is 5.79. The number of carbonyl (C=O) groups is 1. The van der Waals surface area contributed by atoms with E-state index in [2.05, 4.69) is 4.98 Å². The van der Waals surface area contributed by atoms with Gasteiger partial charge in [-0.1, -0.05) is 17.7 Å². The van der Waals surface area contributed by atoms with Gasteiger partial charge in [0.15, 0.2) is 0 Å². The first-order valence-corrected chi connectivity index (χ1v) is 5.37. The number of carboxylic acid groups (broad SMARTS) is 1. The molecule has 4 nitrogen and oxygen atoms in total. The molecule has 1 aliphatic rings. The molecule has 0 spiro atoms. The molecular weight excluding hydrogens is 230 g/mol. The fraction of sp³-hybridized carbons (Fsp3) is 0.455. The Balaban J connectivity index is 2.41. The largest absolute Gasteiger partial charge is 0.481 e. The first kappa shape index (κ1) is 11.4. The molecule has 1 aromatic heterocycles. The molecule has 0 unspecified atom stereocenters. The topological polar surface area (TPSA) is 70.4 Å². The van der Waals surface area contributed by atoms with Crippen LogP contribution in [0.4, 0.5) is 0 Å². The fourth-order valence-corrected chi connectivity index (χ4v) is 2.20. The van der Waals surface area contributed by atoms with E-state index in [-0.39, 0.29) is 12.8 Å². The number of aromatic nitrogens is 1. The van der Waals surface area contributed by atoms with E-state index in [9.17, 15) is 15.0 Å². The Morgan fingerprint density at radius 3 is 2.69 bits per heavy atom. The second-order valence-corrected chi connectivity index (χ2v) is 4.64. The number of nitrogens with zero attached hydrogens (tertiary/aromatic N) is 1. The third kappa shape index (κ3) is 1.58. The number of aliphatic hydroxyl groups excluding tert-OH is 1. The number of halogens is 1. The van der Waals surface area contributed by atoms with Gasteiger partial charge in [0.25, 0.3) is 0 Å². The molecule has 5 heteroatoms. The normalized spacial score (nSPS) is 28.6. The average Bonchev–Trinajstić information content (AvgIpc) is 2.17. The molecule has 0 amide bonds. The summed E-state index contributed by atoms with van der Waals surface area (Å²) in [6.07, 6.45) is 1.43. The smallest absolute Gasteiger partial charge is 0.314 e. The van der Waals surface area contributed by atoms with E-state index < -0.39 is 17.5 Å². The van der Waals surface area contributed by atoms with Crippen LogP contribution < -0.4 is 0 Å². The zero-order valence-corrected chi connectivity index (χ0v) is 9.53. The van der Waals surface area contributed by atoms with Crippen molar-refractivity contribution in [1.82, 2.24) is 4.98 Å². The quantitative estimate of drug-likeness (QED) is 0.771. The average molecular weight is 242 g/mol. The van der Waals surface area contributed by atoms with E-state index in [1.807, 2.05) is 0 Å². The Bertz CT molecular complexity index is 441. The van der Waals surface area contributed by atoms with Crippen LogP contribution in [0.2, 0.25) is 5.15 Å². The van der Waals surface area contributed by atoms with Gasteiger partial charge in [0.1, 0.15) is 5.15 Å². The van der Waals surface area contributed by atoms with Crippen molar-refractivity contribution in [3.05, 3.63) is 28.5 Å². The summed E-state index contributed by atoms with van der Waals surface area (Å²) in [5.74, 6) is -0.915. The molecule has 2 N–H and O–H groups in total. The van der Waals surface area contributed by atoms with Gasteiger partial charge in [0, 0.05) is 6.20 Å². The van der Waals surface area contributed by atoms with Crippen molar-refractivity contribution in [3.8, 4) is 0 Å².